The summed E-state index contributed by atoms with van der Waals surface area (Å²) in [6.45, 7) is -0.389. The van der Waals surface area contributed by atoms with Crippen LogP contribution in [0, 0.1) is 26.1 Å². The number of anilines is 1. The minimum atomic E-state index is -1.40. The van der Waals surface area contributed by atoms with Gasteiger partial charge in [0.05, 0.1) is 28.1 Å². The molecule has 25 heavy (non-hydrogen) atoms. The molecule has 0 bridgehead atoms. The van der Waals surface area contributed by atoms with Crippen molar-refractivity contribution in [2.24, 2.45) is 5.92 Å². The first-order valence-corrected chi connectivity index (χ1v) is 7.22. The highest BCUT2D eigenvalue weighted by molar-refractivity contribution is 5.67. The number of aliphatic hydroxyl groups is 2. The average molecular weight is 356 g/mol. The Morgan fingerprint density at radius 3 is 2.48 bits per heavy atom. The fourth-order valence-electron chi connectivity index (χ4n) is 2.91. The van der Waals surface area contributed by atoms with E-state index in [1.54, 1.807) is 0 Å². The van der Waals surface area contributed by atoms with Crippen molar-refractivity contribution in [2.75, 3.05) is 11.9 Å². The predicted octanol–water partition coefficient (Wildman–Crippen LogP) is 0.293. The molecule has 136 valence electrons. The van der Waals surface area contributed by atoms with Crippen molar-refractivity contribution in [3.05, 3.63) is 38.4 Å². The van der Waals surface area contributed by atoms with Gasteiger partial charge in [0.2, 0.25) is 0 Å². The number of carboxylic acid groups (broad SMARTS) is 1. The number of nitro groups is 2. The van der Waals surface area contributed by atoms with Crippen molar-refractivity contribution in [3.8, 4) is 0 Å². The molecule has 1 fully saturated rings. The highest BCUT2D eigenvalue weighted by Gasteiger charge is 2.43. The first kappa shape index (κ1) is 18.4. The second-order valence-corrected chi connectivity index (χ2v) is 5.61. The minimum absolute atomic E-state index is 0.0522. The van der Waals surface area contributed by atoms with Crippen molar-refractivity contribution in [1.29, 1.82) is 0 Å². The van der Waals surface area contributed by atoms with Crippen LogP contribution in [0.3, 0.4) is 0 Å². The SMILES string of the molecule is O=C(O)N[C@@H]1[C@@H](O)[C@@H](CO)C[C@H]1Nc1ccc([N+](=O)[O-])cc1[N+](=O)[O-]. The molecule has 4 atom stereocenters. The van der Waals surface area contributed by atoms with E-state index < -0.39 is 51.4 Å². The Labute approximate surface area is 140 Å². The smallest absolute Gasteiger partial charge is 0.405 e. The van der Waals surface area contributed by atoms with Crippen molar-refractivity contribution < 1.29 is 30.0 Å². The molecule has 12 heteroatoms. The Bertz CT molecular complexity index is 697. The molecule has 0 unspecified atom stereocenters. The molecule has 0 radical (unpaired) electrons. The van der Waals surface area contributed by atoms with E-state index in [0.29, 0.717) is 0 Å². The molecule has 0 aromatic heterocycles. The number of aliphatic hydroxyl groups excluding tert-OH is 2. The lowest BCUT2D eigenvalue weighted by atomic mass is 10.1. The van der Waals surface area contributed by atoms with Crippen molar-refractivity contribution in [2.45, 2.75) is 24.6 Å². The number of non-ortho nitro benzene ring substituents is 1. The van der Waals surface area contributed by atoms with E-state index in [1.165, 1.54) is 0 Å². The van der Waals surface area contributed by atoms with Gasteiger partial charge in [0, 0.05) is 24.6 Å². The molecule has 5 N–H and O–H groups in total. The quantitative estimate of drug-likeness (QED) is 0.352. The monoisotopic (exact) mass is 356 g/mol. The van der Waals surface area contributed by atoms with E-state index in [1.807, 2.05) is 0 Å². The van der Waals surface area contributed by atoms with Crippen LogP contribution >= 0.6 is 0 Å². The highest BCUT2D eigenvalue weighted by atomic mass is 16.6. The molecule has 0 aliphatic heterocycles. The number of rotatable bonds is 6. The molecule has 1 aromatic rings. The standard InChI is InChI=1S/C13H16N4O8/c18-5-6-3-9(11(12(6)19)15-13(20)21)14-8-2-1-7(16(22)23)4-10(8)17(24)25/h1-2,4,6,9,11-12,14-15,18-19H,3,5H2,(H,20,21)/t6-,9-,11+,12+/m1/s1. The molecule has 2 rings (SSSR count). The third kappa shape index (κ3) is 3.92. The van der Waals surface area contributed by atoms with Crippen LogP contribution in [-0.2, 0) is 0 Å². The van der Waals surface area contributed by atoms with E-state index in [2.05, 4.69) is 10.6 Å². The summed E-state index contributed by atoms with van der Waals surface area (Å²) in [4.78, 5) is 31.2. The summed E-state index contributed by atoms with van der Waals surface area (Å²) < 4.78 is 0. The highest BCUT2D eigenvalue weighted by Crippen LogP contribution is 2.34. The number of amides is 1. The summed E-state index contributed by atoms with van der Waals surface area (Å²) in [7, 11) is 0. The predicted molar refractivity (Wildman–Crippen MR) is 83.3 cm³/mol. The van der Waals surface area contributed by atoms with Crippen LogP contribution in [0.25, 0.3) is 0 Å². The van der Waals surface area contributed by atoms with Gasteiger partial charge >= 0.3 is 6.09 Å². The molecule has 12 nitrogen and oxygen atoms in total. The number of nitrogens with zero attached hydrogens (tertiary/aromatic N) is 2. The zero-order valence-electron chi connectivity index (χ0n) is 12.7. The van der Waals surface area contributed by atoms with Crippen molar-refractivity contribution >= 4 is 23.2 Å². The van der Waals surface area contributed by atoms with Gasteiger partial charge in [0.15, 0.2) is 0 Å². The van der Waals surface area contributed by atoms with Crippen LogP contribution in [0.4, 0.5) is 21.9 Å². The second-order valence-electron chi connectivity index (χ2n) is 5.61. The average Bonchev–Trinajstić information content (AvgIpc) is 2.83. The maximum Gasteiger partial charge on any atom is 0.405 e. The fourth-order valence-corrected chi connectivity index (χ4v) is 2.91. The number of carbonyl (C=O) groups is 1. The lowest BCUT2D eigenvalue weighted by molar-refractivity contribution is -0.393. The molecule has 1 aromatic carbocycles. The van der Waals surface area contributed by atoms with Crippen LogP contribution in [0.5, 0.6) is 0 Å². The van der Waals surface area contributed by atoms with Crippen LogP contribution in [0.1, 0.15) is 6.42 Å². The molecule has 1 aliphatic rings. The van der Waals surface area contributed by atoms with Gasteiger partial charge in [0.25, 0.3) is 11.4 Å². The largest absolute Gasteiger partial charge is 0.465 e. The Morgan fingerprint density at radius 2 is 1.96 bits per heavy atom. The third-order valence-electron chi connectivity index (χ3n) is 4.10. The Balaban J connectivity index is 2.31. The van der Waals surface area contributed by atoms with Gasteiger partial charge < -0.3 is 26.0 Å². The Hall–Kier alpha value is -2.99. The molecule has 0 heterocycles. The summed E-state index contributed by atoms with van der Waals surface area (Å²) in [5, 5.41) is 55.0. The summed E-state index contributed by atoms with van der Waals surface area (Å²) >= 11 is 0. The molecule has 1 amide bonds. The van der Waals surface area contributed by atoms with Crippen LogP contribution in [0.15, 0.2) is 18.2 Å². The van der Waals surface area contributed by atoms with E-state index in [-0.39, 0.29) is 18.7 Å². The normalized spacial score (nSPS) is 25.4. The summed E-state index contributed by atoms with van der Waals surface area (Å²) in [6, 6.07) is 1.25. The van der Waals surface area contributed by atoms with Gasteiger partial charge in [-0.15, -0.1) is 0 Å². The molecular weight excluding hydrogens is 340 g/mol. The maximum atomic E-state index is 11.2. The van der Waals surface area contributed by atoms with Crippen LogP contribution in [-0.4, -0.2) is 56.1 Å². The lowest BCUT2D eigenvalue weighted by Gasteiger charge is -2.23. The zero-order valence-corrected chi connectivity index (χ0v) is 12.7. The molecule has 1 aliphatic carbocycles. The van der Waals surface area contributed by atoms with Gasteiger partial charge in [-0.1, -0.05) is 0 Å². The first-order chi connectivity index (χ1) is 11.7. The lowest BCUT2D eigenvalue weighted by Crippen LogP contribution is -2.49. The van der Waals surface area contributed by atoms with E-state index >= 15 is 0 Å². The molecule has 0 saturated heterocycles. The maximum absolute atomic E-state index is 11.2. The number of hydrogen-bond acceptors (Lipinski definition) is 8. The zero-order chi connectivity index (χ0) is 18.7. The minimum Gasteiger partial charge on any atom is -0.465 e. The summed E-state index contributed by atoms with van der Waals surface area (Å²) in [6.07, 6.45) is -2.43. The first-order valence-electron chi connectivity index (χ1n) is 7.22. The van der Waals surface area contributed by atoms with E-state index in [9.17, 15) is 35.2 Å². The van der Waals surface area contributed by atoms with Gasteiger partial charge in [-0.2, -0.15) is 0 Å². The summed E-state index contributed by atoms with van der Waals surface area (Å²) in [5.74, 6) is -0.619. The van der Waals surface area contributed by atoms with Gasteiger partial charge in [-0.3, -0.25) is 20.2 Å². The number of benzene rings is 1. The third-order valence-corrected chi connectivity index (χ3v) is 4.10. The fraction of sp³-hybridized carbons (Fsp3) is 0.462. The summed E-state index contributed by atoms with van der Waals surface area (Å²) in [5.41, 5.74) is -1.06. The number of nitro benzene ring substituents is 2. The van der Waals surface area contributed by atoms with Crippen LogP contribution in [0.2, 0.25) is 0 Å². The van der Waals surface area contributed by atoms with Crippen LogP contribution < -0.4 is 10.6 Å². The molecular formula is C13H16N4O8. The second kappa shape index (κ2) is 7.27. The number of hydrogen-bond donors (Lipinski definition) is 5. The van der Waals surface area contributed by atoms with Gasteiger partial charge in [0.1, 0.15) is 5.69 Å². The Morgan fingerprint density at radius 1 is 1.28 bits per heavy atom. The molecule has 1 saturated carbocycles. The van der Waals surface area contributed by atoms with Gasteiger partial charge in [-0.25, -0.2) is 4.79 Å². The van der Waals surface area contributed by atoms with E-state index in [4.69, 9.17) is 5.11 Å². The van der Waals surface area contributed by atoms with Crippen molar-refractivity contribution in [3.63, 3.8) is 0 Å². The van der Waals surface area contributed by atoms with Gasteiger partial charge in [-0.05, 0) is 12.5 Å². The molecule has 0 spiro atoms. The topological polar surface area (TPSA) is 188 Å². The number of nitrogens with one attached hydrogen (secondary N) is 2. The Kier molecular flexibility index (Phi) is 5.34. The van der Waals surface area contributed by atoms with Crippen molar-refractivity contribution in [1.82, 2.24) is 5.32 Å². The van der Waals surface area contributed by atoms with E-state index in [0.717, 1.165) is 18.2 Å².